The molecule has 0 aliphatic carbocycles. The fourth-order valence-corrected chi connectivity index (χ4v) is 4.96. The average Bonchev–Trinajstić information content (AvgIpc) is 2.85. The minimum Gasteiger partial charge on any atom is -0.493 e. The van der Waals surface area contributed by atoms with Gasteiger partial charge in [-0.3, -0.25) is 4.79 Å². The van der Waals surface area contributed by atoms with Crippen molar-refractivity contribution in [2.75, 3.05) is 31.8 Å². The van der Waals surface area contributed by atoms with Gasteiger partial charge in [-0.25, -0.2) is 13.1 Å². The molecule has 2 aromatic carbocycles. The molecule has 0 bridgehead atoms. The van der Waals surface area contributed by atoms with Crippen molar-refractivity contribution in [3.63, 3.8) is 0 Å². The lowest BCUT2D eigenvalue weighted by atomic mass is 10.1. The van der Waals surface area contributed by atoms with Gasteiger partial charge >= 0.3 is 0 Å². The highest BCUT2D eigenvalue weighted by Crippen LogP contribution is 2.34. The molecule has 9 heteroatoms. The number of ether oxygens (including phenoxy) is 2. The predicted molar refractivity (Wildman–Crippen MR) is 113 cm³/mol. The Labute approximate surface area is 175 Å². The van der Waals surface area contributed by atoms with Crippen LogP contribution in [0.15, 0.2) is 46.2 Å². The second-order valence-electron chi connectivity index (χ2n) is 6.70. The molecule has 0 spiro atoms. The number of anilines is 1. The number of carbonyl (C=O) groups is 1. The fraction of sp³-hybridized carbons (Fsp3) is 0.350. The largest absolute Gasteiger partial charge is 0.493 e. The highest BCUT2D eigenvalue weighted by Gasteiger charge is 2.22. The van der Waals surface area contributed by atoms with E-state index in [2.05, 4.69) is 10.0 Å². The average molecular weight is 437 g/mol. The van der Waals surface area contributed by atoms with Crippen LogP contribution in [0.3, 0.4) is 0 Å². The second kappa shape index (κ2) is 9.06. The molecule has 3 rings (SSSR count). The zero-order valence-electron chi connectivity index (χ0n) is 16.5. The van der Waals surface area contributed by atoms with Gasteiger partial charge in [-0.15, -0.1) is 11.8 Å². The Balaban J connectivity index is 1.69. The van der Waals surface area contributed by atoms with Crippen molar-refractivity contribution in [3.05, 3.63) is 42.0 Å². The van der Waals surface area contributed by atoms with Gasteiger partial charge in [-0.05, 0) is 42.3 Å². The molecule has 0 aromatic heterocycles. The lowest BCUT2D eigenvalue weighted by Crippen LogP contribution is -2.26. The van der Waals surface area contributed by atoms with E-state index in [0.717, 1.165) is 10.5 Å². The molecule has 0 saturated heterocycles. The quantitative estimate of drug-likeness (QED) is 0.693. The van der Waals surface area contributed by atoms with Gasteiger partial charge in [0, 0.05) is 23.1 Å². The van der Waals surface area contributed by atoms with Crippen molar-refractivity contribution in [3.8, 4) is 11.5 Å². The number of hydrogen-bond donors (Lipinski definition) is 2. The molecular weight excluding hydrogens is 412 g/mol. The van der Waals surface area contributed by atoms with Gasteiger partial charge in [0.1, 0.15) is 0 Å². The van der Waals surface area contributed by atoms with Crippen molar-refractivity contribution in [1.29, 1.82) is 0 Å². The van der Waals surface area contributed by atoms with Crippen LogP contribution in [-0.4, -0.2) is 40.8 Å². The van der Waals surface area contributed by atoms with Crippen molar-refractivity contribution in [2.24, 2.45) is 5.92 Å². The van der Waals surface area contributed by atoms with Crippen molar-refractivity contribution in [2.45, 2.75) is 23.1 Å². The lowest BCUT2D eigenvalue weighted by molar-refractivity contribution is -0.118. The zero-order chi connectivity index (χ0) is 21.0. The molecule has 1 aliphatic rings. The summed E-state index contributed by atoms with van der Waals surface area (Å²) in [5.74, 6) is 1.64. The summed E-state index contributed by atoms with van der Waals surface area (Å²) in [7, 11) is -0.583. The first-order valence-corrected chi connectivity index (χ1v) is 11.6. The maximum absolute atomic E-state index is 12.7. The molecule has 0 fully saturated rings. The normalized spacial score (nSPS) is 16.5. The summed E-state index contributed by atoms with van der Waals surface area (Å²) in [5.41, 5.74) is 1.46. The molecule has 1 atom stereocenters. The number of benzene rings is 2. The number of amides is 1. The number of carbonyl (C=O) groups excluding carboxylic acids is 1. The van der Waals surface area contributed by atoms with Crippen molar-refractivity contribution >= 4 is 33.4 Å². The Bertz CT molecular complexity index is 1010. The molecule has 0 unspecified atom stereocenters. The Morgan fingerprint density at radius 1 is 1.14 bits per heavy atom. The Morgan fingerprint density at radius 3 is 2.62 bits per heavy atom. The van der Waals surface area contributed by atoms with E-state index < -0.39 is 10.0 Å². The van der Waals surface area contributed by atoms with E-state index in [4.69, 9.17) is 9.47 Å². The fourth-order valence-electron chi connectivity index (χ4n) is 2.90. The number of sulfonamides is 1. The Hall–Kier alpha value is -2.23. The third-order valence-electron chi connectivity index (χ3n) is 4.61. The Kier molecular flexibility index (Phi) is 6.71. The molecule has 0 saturated carbocycles. The van der Waals surface area contributed by atoms with Gasteiger partial charge in [-0.2, -0.15) is 0 Å². The maximum atomic E-state index is 12.7. The first-order chi connectivity index (χ1) is 13.8. The molecule has 2 aromatic rings. The van der Waals surface area contributed by atoms with Crippen LogP contribution in [0.2, 0.25) is 0 Å². The van der Waals surface area contributed by atoms with Gasteiger partial charge in [-0.1, -0.05) is 13.0 Å². The maximum Gasteiger partial charge on any atom is 0.240 e. The SMILES string of the molecule is COc1ccc(CCNS(=O)(=O)c2ccc3c(c2)NC(=O)[C@H](C)CS3)cc1OC. The van der Waals surface area contributed by atoms with Crippen LogP contribution in [0.5, 0.6) is 11.5 Å². The molecule has 1 amide bonds. The molecule has 29 heavy (non-hydrogen) atoms. The summed E-state index contributed by atoms with van der Waals surface area (Å²) < 4.78 is 38.5. The standard InChI is InChI=1S/C20H24N2O5S2/c1-13-12-28-19-7-5-15(11-16(19)22-20(13)23)29(24,25)21-9-8-14-4-6-17(26-2)18(10-14)27-3/h4-7,10-11,13,21H,8-9,12H2,1-3H3,(H,22,23)/t13-/m1/s1. The number of thioether (sulfide) groups is 1. The first kappa shape index (κ1) is 21.5. The zero-order valence-corrected chi connectivity index (χ0v) is 18.2. The lowest BCUT2D eigenvalue weighted by Gasteiger charge is -2.12. The summed E-state index contributed by atoms with van der Waals surface area (Å²) in [5, 5.41) is 2.81. The molecule has 0 radical (unpaired) electrons. The summed E-state index contributed by atoms with van der Waals surface area (Å²) in [4.78, 5) is 13.0. The van der Waals surface area contributed by atoms with Crippen LogP contribution in [-0.2, 0) is 21.2 Å². The summed E-state index contributed by atoms with van der Waals surface area (Å²) >= 11 is 1.54. The van der Waals surface area contributed by atoms with E-state index in [-0.39, 0.29) is 23.3 Å². The van der Waals surface area contributed by atoms with E-state index in [1.54, 1.807) is 44.2 Å². The minimum atomic E-state index is -3.70. The first-order valence-electron chi connectivity index (χ1n) is 9.12. The minimum absolute atomic E-state index is 0.104. The van der Waals surface area contributed by atoms with E-state index in [9.17, 15) is 13.2 Å². The summed E-state index contributed by atoms with van der Waals surface area (Å²) in [6.07, 6.45) is 0.495. The number of hydrogen-bond acceptors (Lipinski definition) is 6. The number of fused-ring (bicyclic) bond motifs is 1. The van der Waals surface area contributed by atoms with Crippen LogP contribution in [0.25, 0.3) is 0 Å². The highest BCUT2D eigenvalue weighted by molar-refractivity contribution is 7.99. The van der Waals surface area contributed by atoms with Crippen molar-refractivity contribution < 1.29 is 22.7 Å². The van der Waals surface area contributed by atoms with Crippen LogP contribution < -0.4 is 19.5 Å². The molecule has 1 heterocycles. The van der Waals surface area contributed by atoms with E-state index in [1.807, 2.05) is 19.1 Å². The third kappa shape index (κ3) is 5.04. The van der Waals surface area contributed by atoms with Gasteiger partial charge in [0.15, 0.2) is 11.5 Å². The van der Waals surface area contributed by atoms with Crippen LogP contribution >= 0.6 is 11.8 Å². The monoisotopic (exact) mass is 436 g/mol. The van der Waals surface area contributed by atoms with E-state index in [1.165, 1.54) is 6.07 Å². The van der Waals surface area contributed by atoms with Crippen LogP contribution in [0, 0.1) is 5.92 Å². The highest BCUT2D eigenvalue weighted by atomic mass is 32.2. The predicted octanol–water partition coefficient (Wildman–Crippen LogP) is 2.91. The van der Waals surface area contributed by atoms with E-state index >= 15 is 0 Å². The smallest absolute Gasteiger partial charge is 0.240 e. The number of rotatable bonds is 7. The van der Waals surface area contributed by atoms with Crippen LogP contribution in [0.1, 0.15) is 12.5 Å². The van der Waals surface area contributed by atoms with Crippen molar-refractivity contribution in [1.82, 2.24) is 4.72 Å². The van der Waals surface area contributed by atoms with E-state index in [0.29, 0.717) is 29.4 Å². The molecule has 156 valence electrons. The van der Waals surface area contributed by atoms with Gasteiger partial charge in [0.05, 0.1) is 24.8 Å². The summed E-state index contributed by atoms with van der Waals surface area (Å²) in [6, 6.07) is 10.3. The van der Waals surface area contributed by atoms with Crippen LogP contribution in [0.4, 0.5) is 5.69 Å². The van der Waals surface area contributed by atoms with Gasteiger partial charge in [0.2, 0.25) is 15.9 Å². The Morgan fingerprint density at radius 2 is 1.90 bits per heavy atom. The molecule has 1 aliphatic heterocycles. The summed E-state index contributed by atoms with van der Waals surface area (Å²) in [6.45, 7) is 2.08. The second-order valence-corrected chi connectivity index (χ2v) is 9.53. The molecule has 2 N–H and O–H groups in total. The van der Waals surface area contributed by atoms with Gasteiger partial charge in [0.25, 0.3) is 0 Å². The van der Waals surface area contributed by atoms with Gasteiger partial charge < -0.3 is 14.8 Å². The molecular formula is C20H24N2O5S2. The third-order valence-corrected chi connectivity index (χ3v) is 7.40. The topological polar surface area (TPSA) is 93.7 Å². The molecule has 7 nitrogen and oxygen atoms in total. The number of methoxy groups -OCH3 is 2. The number of nitrogens with one attached hydrogen (secondary N) is 2.